The average Bonchev–Trinajstić information content (AvgIpc) is 2.18. The number of hydrogen-bond donors (Lipinski definition) is 1. The van der Waals surface area contributed by atoms with Crippen LogP contribution in [-0.4, -0.2) is 16.7 Å². The Kier molecular flexibility index (Phi) is 4.13. The molecule has 0 aliphatic rings. The van der Waals surface area contributed by atoms with E-state index in [4.69, 9.17) is 9.84 Å². The molecule has 0 bridgehead atoms. The summed E-state index contributed by atoms with van der Waals surface area (Å²) < 4.78 is 5.35. The highest BCUT2D eigenvalue weighted by Crippen LogP contribution is 2.12. The normalized spacial score (nSPS) is 10.8. The highest BCUT2D eigenvalue weighted by atomic mass is 16.5. The monoisotopic (exact) mass is 193 g/mol. The Labute approximate surface area is 84.1 Å². The summed E-state index contributed by atoms with van der Waals surface area (Å²) in [5.41, 5.74) is 1.65. The highest BCUT2D eigenvalue weighted by Gasteiger charge is 2.00. The Balaban J connectivity index is 2.66. The first kappa shape index (κ1) is 10.7. The molecule has 1 N–H and O–H groups in total. The van der Waals surface area contributed by atoms with Crippen molar-refractivity contribution in [3.05, 3.63) is 35.5 Å². The summed E-state index contributed by atoms with van der Waals surface area (Å²) in [7, 11) is 0. The van der Waals surface area contributed by atoms with Gasteiger partial charge in [-0.1, -0.05) is 12.2 Å². The van der Waals surface area contributed by atoms with Crippen molar-refractivity contribution in [1.82, 2.24) is 4.98 Å². The Hall–Kier alpha value is -1.35. The molecule has 0 spiro atoms. The number of aryl methyl sites for hydroxylation is 1. The molecule has 0 saturated heterocycles. The molecule has 0 amide bonds. The van der Waals surface area contributed by atoms with Gasteiger partial charge in [0.2, 0.25) is 5.88 Å². The second-order valence-electron chi connectivity index (χ2n) is 2.93. The van der Waals surface area contributed by atoms with E-state index >= 15 is 0 Å². The standard InChI is InChI=1S/C11H15NO2/c1-3-4-7-14-11-6-5-10(8-13)9(2)12-11/h3-6,13H,7-8H2,1-2H3/b4-3+. The molecular weight excluding hydrogens is 178 g/mol. The van der Waals surface area contributed by atoms with Crippen molar-refractivity contribution >= 4 is 0 Å². The molecule has 1 aromatic rings. The maximum absolute atomic E-state index is 8.93. The van der Waals surface area contributed by atoms with Crippen molar-refractivity contribution < 1.29 is 9.84 Å². The zero-order valence-corrected chi connectivity index (χ0v) is 8.53. The Morgan fingerprint density at radius 3 is 2.86 bits per heavy atom. The summed E-state index contributed by atoms with van der Waals surface area (Å²) in [5.74, 6) is 0.595. The summed E-state index contributed by atoms with van der Waals surface area (Å²) >= 11 is 0. The van der Waals surface area contributed by atoms with E-state index in [-0.39, 0.29) is 6.61 Å². The van der Waals surface area contributed by atoms with Crippen LogP contribution in [0.5, 0.6) is 5.88 Å². The van der Waals surface area contributed by atoms with Gasteiger partial charge in [-0.25, -0.2) is 4.98 Å². The molecule has 14 heavy (non-hydrogen) atoms. The van der Waals surface area contributed by atoms with Gasteiger partial charge < -0.3 is 9.84 Å². The molecule has 0 unspecified atom stereocenters. The van der Waals surface area contributed by atoms with Gasteiger partial charge in [0, 0.05) is 11.8 Å². The molecule has 0 radical (unpaired) electrons. The van der Waals surface area contributed by atoms with Crippen LogP contribution in [0.4, 0.5) is 0 Å². The lowest BCUT2D eigenvalue weighted by Gasteiger charge is -2.05. The topological polar surface area (TPSA) is 42.4 Å². The fraction of sp³-hybridized carbons (Fsp3) is 0.364. The molecule has 0 aromatic carbocycles. The van der Waals surface area contributed by atoms with Crippen LogP contribution in [0.1, 0.15) is 18.2 Å². The first-order chi connectivity index (χ1) is 6.77. The van der Waals surface area contributed by atoms with Crippen LogP contribution in [-0.2, 0) is 6.61 Å². The summed E-state index contributed by atoms with van der Waals surface area (Å²) in [6.45, 7) is 4.35. The van der Waals surface area contributed by atoms with Crippen molar-refractivity contribution in [2.24, 2.45) is 0 Å². The van der Waals surface area contributed by atoms with Crippen molar-refractivity contribution in [3.8, 4) is 5.88 Å². The third kappa shape index (κ3) is 2.85. The minimum atomic E-state index is 0.0218. The number of nitrogens with zero attached hydrogens (tertiary/aromatic N) is 1. The molecule has 76 valence electrons. The zero-order chi connectivity index (χ0) is 10.4. The number of aliphatic hydroxyl groups is 1. The van der Waals surface area contributed by atoms with Gasteiger partial charge in [-0.05, 0) is 25.5 Å². The van der Waals surface area contributed by atoms with Crippen molar-refractivity contribution in [2.45, 2.75) is 20.5 Å². The lowest BCUT2D eigenvalue weighted by molar-refractivity contribution is 0.279. The number of pyridine rings is 1. The summed E-state index contributed by atoms with van der Waals surface area (Å²) in [6, 6.07) is 3.59. The number of rotatable bonds is 4. The van der Waals surface area contributed by atoms with Crippen molar-refractivity contribution in [1.29, 1.82) is 0 Å². The highest BCUT2D eigenvalue weighted by molar-refractivity contribution is 5.24. The second-order valence-corrected chi connectivity index (χ2v) is 2.93. The van der Waals surface area contributed by atoms with Crippen LogP contribution in [0, 0.1) is 6.92 Å². The van der Waals surface area contributed by atoms with Gasteiger partial charge in [-0.2, -0.15) is 0 Å². The van der Waals surface area contributed by atoms with Gasteiger partial charge in [0.1, 0.15) is 6.61 Å². The minimum Gasteiger partial charge on any atom is -0.473 e. The van der Waals surface area contributed by atoms with Crippen LogP contribution in [0.2, 0.25) is 0 Å². The number of hydrogen-bond acceptors (Lipinski definition) is 3. The van der Waals surface area contributed by atoms with E-state index in [2.05, 4.69) is 4.98 Å². The zero-order valence-electron chi connectivity index (χ0n) is 8.53. The fourth-order valence-corrected chi connectivity index (χ4v) is 1.04. The lowest BCUT2D eigenvalue weighted by Crippen LogP contribution is -1.99. The van der Waals surface area contributed by atoms with Gasteiger partial charge in [0.15, 0.2) is 0 Å². The molecule has 0 aliphatic heterocycles. The second kappa shape index (κ2) is 5.40. The fourth-order valence-electron chi connectivity index (χ4n) is 1.04. The number of ether oxygens (including phenoxy) is 1. The predicted molar refractivity (Wildman–Crippen MR) is 55.2 cm³/mol. The molecule has 0 saturated carbocycles. The molecule has 1 heterocycles. The Morgan fingerprint density at radius 1 is 1.50 bits per heavy atom. The third-order valence-corrected chi connectivity index (χ3v) is 1.90. The van der Waals surface area contributed by atoms with Crippen LogP contribution >= 0.6 is 0 Å². The Bertz CT molecular complexity index is 321. The van der Waals surface area contributed by atoms with Gasteiger partial charge in [-0.3, -0.25) is 0 Å². The summed E-state index contributed by atoms with van der Waals surface area (Å²) in [6.07, 6.45) is 3.84. The van der Waals surface area contributed by atoms with E-state index in [0.29, 0.717) is 12.5 Å². The average molecular weight is 193 g/mol. The van der Waals surface area contributed by atoms with Crippen LogP contribution in [0.15, 0.2) is 24.3 Å². The van der Waals surface area contributed by atoms with Gasteiger partial charge >= 0.3 is 0 Å². The largest absolute Gasteiger partial charge is 0.473 e. The molecule has 3 heteroatoms. The molecule has 0 aliphatic carbocycles. The molecule has 0 atom stereocenters. The molecule has 3 nitrogen and oxygen atoms in total. The molecule has 1 aromatic heterocycles. The number of aromatic nitrogens is 1. The SMILES string of the molecule is C/C=C/COc1ccc(CO)c(C)n1. The smallest absolute Gasteiger partial charge is 0.213 e. The quantitative estimate of drug-likeness (QED) is 0.742. The minimum absolute atomic E-state index is 0.0218. The molecule has 0 fully saturated rings. The van der Waals surface area contributed by atoms with Crippen LogP contribution in [0.25, 0.3) is 0 Å². The van der Waals surface area contributed by atoms with Gasteiger partial charge in [-0.15, -0.1) is 0 Å². The van der Waals surface area contributed by atoms with Gasteiger partial charge in [0.05, 0.1) is 6.61 Å². The molecular formula is C11H15NO2. The first-order valence-corrected chi connectivity index (χ1v) is 4.59. The van der Waals surface area contributed by atoms with Crippen LogP contribution in [0.3, 0.4) is 0 Å². The van der Waals surface area contributed by atoms with Gasteiger partial charge in [0.25, 0.3) is 0 Å². The molecule has 1 rings (SSSR count). The van der Waals surface area contributed by atoms with E-state index in [1.165, 1.54) is 0 Å². The van der Waals surface area contributed by atoms with Crippen LogP contribution < -0.4 is 4.74 Å². The van der Waals surface area contributed by atoms with E-state index in [1.54, 1.807) is 6.07 Å². The maximum atomic E-state index is 8.93. The van der Waals surface area contributed by atoms with E-state index in [0.717, 1.165) is 11.3 Å². The Morgan fingerprint density at radius 2 is 2.29 bits per heavy atom. The summed E-state index contributed by atoms with van der Waals surface area (Å²) in [5, 5.41) is 8.93. The van der Waals surface area contributed by atoms with E-state index in [1.807, 2.05) is 32.1 Å². The van der Waals surface area contributed by atoms with E-state index < -0.39 is 0 Å². The number of aliphatic hydroxyl groups excluding tert-OH is 1. The van der Waals surface area contributed by atoms with Crippen molar-refractivity contribution in [3.63, 3.8) is 0 Å². The maximum Gasteiger partial charge on any atom is 0.213 e. The van der Waals surface area contributed by atoms with Crippen molar-refractivity contribution in [2.75, 3.05) is 6.61 Å². The lowest BCUT2D eigenvalue weighted by atomic mass is 10.2. The number of allylic oxidation sites excluding steroid dienone is 1. The van der Waals surface area contributed by atoms with E-state index in [9.17, 15) is 0 Å². The predicted octanol–water partition coefficient (Wildman–Crippen LogP) is 1.84. The third-order valence-electron chi connectivity index (χ3n) is 1.90. The first-order valence-electron chi connectivity index (χ1n) is 4.59. The summed E-state index contributed by atoms with van der Waals surface area (Å²) in [4.78, 5) is 4.20.